The molecule has 0 aromatic carbocycles. The minimum absolute atomic E-state index is 0.0350. The van der Waals surface area contributed by atoms with Gasteiger partial charge in [0.1, 0.15) is 0 Å². The molecule has 0 heterocycles. The van der Waals surface area contributed by atoms with Gasteiger partial charge in [-0.05, 0) is 25.2 Å². The third-order valence-corrected chi connectivity index (χ3v) is 4.90. The van der Waals surface area contributed by atoms with Gasteiger partial charge >= 0.3 is 0 Å². The summed E-state index contributed by atoms with van der Waals surface area (Å²) in [5.74, 6) is 0.665. The Balaban J connectivity index is 2.03. The molecule has 1 aliphatic carbocycles. The van der Waals surface area contributed by atoms with E-state index in [2.05, 4.69) is 19.2 Å². The molecule has 3 nitrogen and oxygen atoms in total. The maximum absolute atomic E-state index is 12.2. The summed E-state index contributed by atoms with van der Waals surface area (Å²) in [6.45, 7) is 5.24. The van der Waals surface area contributed by atoms with Crippen molar-refractivity contribution in [3.63, 3.8) is 0 Å². The molecular weight excluding hydrogens is 260 g/mol. The fraction of sp³-hybridized carbons (Fsp3) is 0.944. The highest BCUT2D eigenvalue weighted by Gasteiger charge is 2.33. The Labute approximate surface area is 131 Å². The van der Waals surface area contributed by atoms with Crippen LogP contribution < -0.4 is 11.1 Å². The van der Waals surface area contributed by atoms with E-state index in [1.54, 1.807) is 0 Å². The van der Waals surface area contributed by atoms with Gasteiger partial charge in [0.2, 0.25) is 5.91 Å². The Kier molecular flexibility index (Phi) is 9.73. The Morgan fingerprint density at radius 1 is 1.05 bits per heavy atom. The van der Waals surface area contributed by atoms with Crippen molar-refractivity contribution in [2.45, 2.75) is 90.5 Å². The Morgan fingerprint density at radius 3 is 2.29 bits per heavy atom. The van der Waals surface area contributed by atoms with Crippen molar-refractivity contribution in [1.29, 1.82) is 0 Å². The van der Waals surface area contributed by atoms with E-state index in [4.69, 9.17) is 5.73 Å². The Bertz CT molecular complexity index is 270. The van der Waals surface area contributed by atoms with Crippen molar-refractivity contribution in [1.82, 2.24) is 5.32 Å². The Morgan fingerprint density at radius 2 is 1.67 bits per heavy atom. The summed E-state index contributed by atoms with van der Waals surface area (Å²) in [7, 11) is 0. The van der Waals surface area contributed by atoms with Gasteiger partial charge in [0.15, 0.2) is 0 Å². The second-order valence-electron chi connectivity index (χ2n) is 6.86. The molecular formula is C18H36N2O. The van der Waals surface area contributed by atoms with Crippen LogP contribution in [-0.4, -0.2) is 18.5 Å². The first-order valence-electron chi connectivity index (χ1n) is 9.20. The first-order valence-corrected chi connectivity index (χ1v) is 9.20. The van der Waals surface area contributed by atoms with E-state index in [1.807, 2.05) is 0 Å². The number of nitrogens with two attached hydrogens (primary N) is 1. The van der Waals surface area contributed by atoms with Crippen molar-refractivity contribution < 1.29 is 4.79 Å². The molecule has 3 unspecified atom stereocenters. The number of carbonyl (C=O) groups excluding carboxylic acids is 1. The molecule has 1 saturated carbocycles. The minimum atomic E-state index is 0.0350. The molecule has 21 heavy (non-hydrogen) atoms. The lowest BCUT2D eigenvalue weighted by molar-refractivity contribution is -0.128. The van der Waals surface area contributed by atoms with E-state index >= 15 is 0 Å². The summed E-state index contributed by atoms with van der Waals surface area (Å²) >= 11 is 0. The van der Waals surface area contributed by atoms with Gasteiger partial charge in [-0.1, -0.05) is 65.2 Å². The fourth-order valence-corrected chi connectivity index (χ4v) is 3.50. The first kappa shape index (κ1) is 18.5. The summed E-state index contributed by atoms with van der Waals surface area (Å²) in [5.41, 5.74) is 6.12. The summed E-state index contributed by atoms with van der Waals surface area (Å²) in [6, 6.07) is 0.0623. The number of carbonyl (C=O) groups is 1. The molecule has 0 saturated heterocycles. The zero-order valence-electron chi connectivity index (χ0n) is 14.2. The average Bonchev–Trinajstić information content (AvgIpc) is 2.45. The second-order valence-corrected chi connectivity index (χ2v) is 6.86. The van der Waals surface area contributed by atoms with E-state index in [-0.39, 0.29) is 17.9 Å². The molecule has 0 aromatic heterocycles. The van der Waals surface area contributed by atoms with Crippen LogP contribution in [0.4, 0.5) is 0 Å². The molecule has 3 heteroatoms. The predicted molar refractivity (Wildman–Crippen MR) is 90.1 cm³/mol. The van der Waals surface area contributed by atoms with Crippen LogP contribution in [0.2, 0.25) is 0 Å². The summed E-state index contributed by atoms with van der Waals surface area (Å²) < 4.78 is 0. The molecule has 0 aliphatic heterocycles. The normalized spacial score (nSPS) is 25.8. The molecule has 1 fully saturated rings. The van der Waals surface area contributed by atoms with Crippen LogP contribution in [0, 0.1) is 11.8 Å². The summed E-state index contributed by atoms with van der Waals surface area (Å²) in [6.07, 6.45) is 13.7. The number of hydrogen-bond acceptors (Lipinski definition) is 2. The number of amides is 1. The molecule has 0 spiro atoms. The molecule has 0 radical (unpaired) electrons. The largest absolute Gasteiger partial charge is 0.356 e. The molecule has 3 atom stereocenters. The van der Waals surface area contributed by atoms with Crippen LogP contribution in [0.1, 0.15) is 84.5 Å². The van der Waals surface area contributed by atoms with E-state index in [0.717, 1.165) is 25.8 Å². The lowest BCUT2D eigenvalue weighted by Crippen LogP contribution is -2.47. The smallest absolute Gasteiger partial charge is 0.224 e. The minimum Gasteiger partial charge on any atom is -0.356 e. The van der Waals surface area contributed by atoms with Gasteiger partial charge in [0, 0.05) is 12.6 Å². The van der Waals surface area contributed by atoms with Gasteiger partial charge in [-0.25, -0.2) is 0 Å². The van der Waals surface area contributed by atoms with Crippen molar-refractivity contribution in [3.05, 3.63) is 0 Å². The zero-order chi connectivity index (χ0) is 15.5. The third kappa shape index (κ3) is 7.30. The summed E-state index contributed by atoms with van der Waals surface area (Å²) in [4.78, 5) is 12.2. The number of unbranched alkanes of at least 4 members (excludes halogenated alkanes) is 7. The molecule has 3 N–H and O–H groups in total. The standard InChI is InChI=1S/C18H36N2O/c1-3-4-5-6-7-8-9-10-14-20-18(21)17-15(2)12-11-13-16(17)19/h15-17H,3-14,19H2,1-2H3,(H,20,21). The van der Waals surface area contributed by atoms with Gasteiger partial charge in [-0.2, -0.15) is 0 Å². The van der Waals surface area contributed by atoms with Crippen LogP contribution in [0.15, 0.2) is 0 Å². The highest BCUT2D eigenvalue weighted by molar-refractivity contribution is 5.79. The van der Waals surface area contributed by atoms with Crippen LogP contribution in [0.25, 0.3) is 0 Å². The third-order valence-electron chi connectivity index (χ3n) is 4.90. The monoisotopic (exact) mass is 296 g/mol. The topological polar surface area (TPSA) is 55.1 Å². The van der Waals surface area contributed by atoms with Crippen molar-refractivity contribution >= 4 is 5.91 Å². The molecule has 1 amide bonds. The van der Waals surface area contributed by atoms with Crippen LogP contribution in [0.5, 0.6) is 0 Å². The van der Waals surface area contributed by atoms with Crippen LogP contribution in [-0.2, 0) is 4.79 Å². The number of nitrogens with one attached hydrogen (secondary N) is 1. The SMILES string of the molecule is CCCCCCCCCCNC(=O)C1C(C)CCCC1N. The lowest BCUT2D eigenvalue weighted by Gasteiger charge is -2.33. The highest BCUT2D eigenvalue weighted by atomic mass is 16.1. The van der Waals surface area contributed by atoms with Gasteiger partial charge in [0.05, 0.1) is 5.92 Å². The Hall–Kier alpha value is -0.570. The van der Waals surface area contributed by atoms with Gasteiger partial charge in [0.25, 0.3) is 0 Å². The highest BCUT2D eigenvalue weighted by Crippen LogP contribution is 2.28. The van der Waals surface area contributed by atoms with E-state index < -0.39 is 0 Å². The van der Waals surface area contributed by atoms with E-state index in [1.165, 1.54) is 51.4 Å². The number of rotatable bonds is 10. The van der Waals surface area contributed by atoms with Crippen LogP contribution in [0.3, 0.4) is 0 Å². The number of hydrogen-bond donors (Lipinski definition) is 2. The van der Waals surface area contributed by atoms with Gasteiger partial charge < -0.3 is 11.1 Å². The molecule has 1 aliphatic rings. The molecule has 0 aromatic rings. The van der Waals surface area contributed by atoms with Crippen molar-refractivity contribution in [3.8, 4) is 0 Å². The summed E-state index contributed by atoms with van der Waals surface area (Å²) in [5, 5.41) is 3.11. The molecule has 124 valence electrons. The van der Waals surface area contributed by atoms with Gasteiger partial charge in [-0.3, -0.25) is 4.79 Å². The fourth-order valence-electron chi connectivity index (χ4n) is 3.50. The predicted octanol–water partition coefficient (Wildman–Crippen LogP) is 4.01. The van der Waals surface area contributed by atoms with E-state index in [9.17, 15) is 4.79 Å². The van der Waals surface area contributed by atoms with Gasteiger partial charge in [-0.15, -0.1) is 0 Å². The maximum atomic E-state index is 12.2. The van der Waals surface area contributed by atoms with Crippen molar-refractivity contribution in [2.75, 3.05) is 6.54 Å². The lowest BCUT2D eigenvalue weighted by atomic mass is 9.76. The second kappa shape index (κ2) is 11.1. The molecule has 0 bridgehead atoms. The molecule has 1 rings (SSSR count). The quantitative estimate of drug-likeness (QED) is 0.599. The average molecular weight is 296 g/mol. The maximum Gasteiger partial charge on any atom is 0.224 e. The zero-order valence-corrected chi connectivity index (χ0v) is 14.2. The van der Waals surface area contributed by atoms with Crippen molar-refractivity contribution in [2.24, 2.45) is 17.6 Å². The van der Waals surface area contributed by atoms with Crippen LogP contribution >= 0.6 is 0 Å². The first-order chi connectivity index (χ1) is 10.2. The van der Waals surface area contributed by atoms with E-state index in [0.29, 0.717) is 5.92 Å².